The smallest absolute Gasteiger partial charge is 0.251 e. The third kappa shape index (κ3) is 2.00. The number of amides is 1. The molecule has 0 unspecified atom stereocenters. The summed E-state index contributed by atoms with van der Waals surface area (Å²) < 4.78 is 0. The van der Waals surface area contributed by atoms with Crippen LogP contribution in [0.3, 0.4) is 0 Å². The van der Waals surface area contributed by atoms with E-state index in [1.807, 2.05) is 11.8 Å². The summed E-state index contributed by atoms with van der Waals surface area (Å²) in [7, 11) is 0. The van der Waals surface area contributed by atoms with Gasteiger partial charge >= 0.3 is 0 Å². The lowest BCUT2D eigenvalue weighted by Crippen LogP contribution is -2.41. The highest BCUT2D eigenvalue weighted by molar-refractivity contribution is 7.80. The summed E-state index contributed by atoms with van der Waals surface area (Å²) >= 11 is 5.24. The molecule has 2 aliphatic rings. The zero-order valence-electron chi connectivity index (χ0n) is 9.16. The van der Waals surface area contributed by atoms with Crippen molar-refractivity contribution in [1.82, 2.24) is 10.2 Å². The minimum absolute atomic E-state index is 0.0700. The molecular weight excluding hydrogens is 208 g/mol. The summed E-state index contributed by atoms with van der Waals surface area (Å²) in [5.74, 6) is 0.189. The predicted octanol–water partition coefficient (Wildman–Crippen LogP) is 1.81. The van der Waals surface area contributed by atoms with Crippen LogP contribution >= 0.6 is 12.2 Å². The Morgan fingerprint density at radius 3 is 2.60 bits per heavy atom. The first-order chi connectivity index (χ1) is 7.24. The molecule has 1 aliphatic heterocycles. The molecule has 2 fully saturated rings. The van der Waals surface area contributed by atoms with E-state index < -0.39 is 0 Å². The third-order valence-corrected chi connectivity index (χ3v) is 3.71. The molecule has 1 aliphatic carbocycles. The molecule has 15 heavy (non-hydrogen) atoms. The summed E-state index contributed by atoms with van der Waals surface area (Å²) in [5.41, 5.74) is 0. The fourth-order valence-electron chi connectivity index (χ4n) is 2.51. The van der Waals surface area contributed by atoms with Gasteiger partial charge in [0.2, 0.25) is 0 Å². The van der Waals surface area contributed by atoms with Crippen LogP contribution in [-0.4, -0.2) is 28.0 Å². The molecule has 3 nitrogen and oxygen atoms in total. The number of thiocarbonyl (C=S) groups is 1. The van der Waals surface area contributed by atoms with Crippen molar-refractivity contribution in [2.75, 3.05) is 0 Å². The van der Waals surface area contributed by atoms with Gasteiger partial charge in [0.25, 0.3) is 5.91 Å². The molecule has 1 saturated heterocycles. The Bertz CT molecular complexity index is 274. The van der Waals surface area contributed by atoms with Crippen LogP contribution in [0.15, 0.2) is 0 Å². The fraction of sp³-hybridized carbons (Fsp3) is 0.818. The van der Waals surface area contributed by atoms with E-state index in [0.29, 0.717) is 11.2 Å². The second-order valence-corrected chi connectivity index (χ2v) is 4.80. The van der Waals surface area contributed by atoms with Crippen molar-refractivity contribution < 1.29 is 4.79 Å². The van der Waals surface area contributed by atoms with Crippen LogP contribution in [0.5, 0.6) is 0 Å². The van der Waals surface area contributed by atoms with Gasteiger partial charge < -0.3 is 5.32 Å². The van der Waals surface area contributed by atoms with Crippen molar-refractivity contribution in [1.29, 1.82) is 0 Å². The Hall–Kier alpha value is -0.640. The monoisotopic (exact) mass is 226 g/mol. The number of nitrogens with zero attached hydrogens (tertiary/aromatic N) is 1. The minimum Gasteiger partial charge on any atom is -0.350 e. The van der Waals surface area contributed by atoms with Gasteiger partial charge in [0.15, 0.2) is 5.11 Å². The summed E-state index contributed by atoms with van der Waals surface area (Å²) in [4.78, 5) is 13.9. The van der Waals surface area contributed by atoms with Crippen LogP contribution < -0.4 is 5.32 Å². The fourth-order valence-corrected chi connectivity index (χ4v) is 2.89. The van der Waals surface area contributed by atoms with E-state index in [0.717, 1.165) is 19.3 Å². The number of rotatable bonds is 2. The standard InChI is InChI=1S/C11H18N2OS/c1-2-9-10(14)13(11(15)12-9)8-6-4-3-5-7-8/h8-9H,2-7H2,1H3,(H,12,15)/t9-/m0/s1. The Morgan fingerprint density at radius 1 is 1.40 bits per heavy atom. The maximum absolute atomic E-state index is 12.0. The summed E-state index contributed by atoms with van der Waals surface area (Å²) in [6, 6.07) is 0.294. The lowest BCUT2D eigenvalue weighted by Gasteiger charge is -2.30. The van der Waals surface area contributed by atoms with Gasteiger partial charge in [-0.1, -0.05) is 26.2 Å². The molecule has 0 aromatic heterocycles. The van der Waals surface area contributed by atoms with Gasteiger partial charge in [-0.2, -0.15) is 0 Å². The average molecular weight is 226 g/mol. The molecule has 1 N–H and O–H groups in total. The first kappa shape index (κ1) is 10.9. The second kappa shape index (κ2) is 4.47. The molecule has 1 amide bonds. The van der Waals surface area contributed by atoms with E-state index in [-0.39, 0.29) is 11.9 Å². The molecule has 0 bridgehead atoms. The zero-order valence-corrected chi connectivity index (χ0v) is 9.98. The van der Waals surface area contributed by atoms with Crippen LogP contribution in [-0.2, 0) is 4.79 Å². The highest BCUT2D eigenvalue weighted by Gasteiger charge is 2.38. The van der Waals surface area contributed by atoms with E-state index in [9.17, 15) is 4.79 Å². The highest BCUT2D eigenvalue weighted by Crippen LogP contribution is 2.25. The van der Waals surface area contributed by atoms with Crippen molar-refractivity contribution in [3.05, 3.63) is 0 Å². The Labute approximate surface area is 96.2 Å². The van der Waals surface area contributed by atoms with Gasteiger partial charge in [0.1, 0.15) is 6.04 Å². The molecule has 2 rings (SSSR count). The van der Waals surface area contributed by atoms with Gasteiger partial charge in [-0.3, -0.25) is 9.69 Å². The molecule has 84 valence electrons. The van der Waals surface area contributed by atoms with Crippen molar-refractivity contribution in [3.63, 3.8) is 0 Å². The van der Waals surface area contributed by atoms with E-state index >= 15 is 0 Å². The van der Waals surface area contributed by atoms with Gasteiger partial charge in [-0.25, -0.2) is 0 Å². The maximum Gasteiger partial charge on any atom is 0.251 e. The molecule has 0 aromatic rings. The first-order valence-corrected chi connectivity index (χ1v) is 6.28. The van der Waals surface area contributed by atoms with Crippen molar-refractivity contribution >= 4 is 23.2 Å². The molecule has 0 spiro atoms. The Balaban J connectivity index is 2.07. The van der Waals surface area contributed by atoms with E-state index in [2.05, 4.69) is 5.32 Å². The third-order valence-electron chi connectivity index (χ3n) is 3.40. The van der Waals surface area contributed by atoms with Gasteiger partial charge in [-0.05, 0) is 31.5 Å². The largest absolute Gasteiger partial charge is 0.350 e. The van der Waals surface area contributed by atoms with Crippen LogP contribution in [0, 0.1) is 0 Å². The van der Waals surface area contributed by atoms with E-state index in [1.54, 1.807) is 0 Å². The van der Waals surface area contributed by atoms with Crippen molar-refractivity contribution in [2.24, 2.45) is 0 Å². The summed E-state index contributed by atoms with van der Waals surface area (Å²) in [5, 5.41) is 3.76. The molecular formula is C11H18N2OS. The summed E-state index contributed by atoms with van der Waals surface area (Å²) in [6.07, 6.45) is 6.81. The molecule has 0 aromatic carbocycles. The summed E-state index contributed by atoms with van der Waals surface area (Å²) in [6.45, 7) is 2.02. The van der Waals surface area contributed by atoms with Crippen LogP contribution in [0.25, 0.3) is 0 Å². The quantitative estimate of drug-likeness (QED) is 0.729. The number of hydrogen-bond acceptors (Lipinski definition) is 2. The maximum atomic E-state index is 12.0. The predicted molar refractivity (Wildman–Crippen MR) is 63.5 cm³/mol. The number of hydrogen-bond donors (Lipinski definition) is 1. The van der Waals surface area contributed by atoms with Gasteiger partial charge in [0, 0.05) is 6.04 Å². The average Bonchev–Trinajstić information content (AvgIpc) is 2.55. The first-order valence-electron chi connectivity index (χ1n) is 5.87. The Morgan fingerprint density at radius 2 is 2.07 bits per heavy atom. The highest BCUT2D eigenvalue weighted by atomic mass is 32.1. The number of carbonyl (C=O) groups is 1. The van der Waals surface area contributed by atoms with Crippen molar-refractivity contribution in [3.8, 4) is 0 Å². The lowest BCUT2D eigenvalue weighted by atomic mass is 9.94. The molecule has 1 atom stereocenters. The minimum atomic E-state index is -0.0700. The number of carbonyl (C=O) groups excluding carboxylic acids is 1. The molecule has 4 heteroatoms. The zero-order chi connectivity index (χ0) is 10.8. The van der Waals surface area contributed by atoms with Crippen LogP contribution in [0.1, 0.15) is 45.4 Å². The van der Waals surface area contributed by atoms with E-state index in [1.165, 1.54) is 19.3 Å². The van der Waals surface area contributed by atoms with E-state index in [4.69, 9.17) is 12.2 Å². The van der Waals surface area contributed by atoms with Crippen molar-refractivity contribution in [2.45, 2.75) is 57.5 Å². The number of nitrogens with one attached hydrogen (secondary N) is 1. The molecule has 1 saturated carbocycles. The topological polar surface area (TPSA) is 32.3 Å². The molecule has 1 heterocycles. The molecule has 0 radical (unpaired) electrons. The van der Waals surface area contributed by atoms with Gasteiger partial charge in [0.05, 0.1) is 0 Å². The lowest BCUT2D eigenvalue weighted by molar-refractivity contribution is -0.129. The second-order valence-electron chi connectivity index (χ2n) is 4.41. The van der Waals surface area contributed by atoms with Gasteiger partial charge in [-0.15, -0.1) is 0 Å². The van der Waals surface area contributed by atoms with Crippen LogP contribution in [0.2, 0.25) is 0 Å². The Kier molecular flexibility index (Phi) is 3.24. The van der Waals surface area contributed by atoms with Crippen LogP contribution in [0.4, 0.5) is 0 Å². The normalized spacial score (nSPS) is 28.3. The SMILES string of the molecule is CC[C@@H]1NC(=S)N(C2CCCCC2)C1=O.